The van der Waals surface area contributed by atoms with E-state index in [0.29, 0.717) is 5.69 Å². The van der Waals surface area contributed by atoms with Gasteiger partial charge in [0.1, 0.15) is 0 Å². The number of anilines is 2. The maximum absolute atomic E-state index is 11.8. The van der Waals surface area contributed by atoms with Crippen LogP contribution in [0.1, 0.15) is 0 Å². The molecule has 0 atom stereocenters. The fourth-order valence-corrected chi connectivity index (χ4v) is 2.11. The molecule has 0 aliphatic rings. The van der Waals surface area contributed by atoms with E-state index in [-0.39, 0.29) is 6.03 Å². The maximum Gasteiger partial charge on any atom is 0.323 e. The molecule has 0 saturated carbocycles. The number of rotatable bonds is 2. The van der Waals surface area contributed by atoms with Crippen LogP contribution in [0.15, 0.2) is 57.5 Å². The summed E-state index contributed by atoms with van der Waals surface area (Å²) in [4.78, 5) is 11.8. The molecule has 0 saturated heterocycles. The monoisotopic (exact) mass is 368 g/mol. The molecular weight excluding hydrogens is 360 g/mol. The molecule has 2 aromatic carbocycles. The Morgan fingerprint density at radius 1 is 0.944 bits per heavy atom. The largest absolute Gasteiger partial charge is 0.323 e. The molecule has 3 nitrogen and oxygen atoms in total. The van der Waals surface area contributed by atoms with Gasteiger partial charge in [0.15, 0.2) is 0 Å². The Hall–Kier alpha value is -1.33. The Balaban J connectivity index is 2.05. The number of benzene rings is 2. The summed E-state index contributed by atoms with van der Waals surface area (Å²) < 4.78 is 1.73. The van der Waals surface area contributed by atoms with Gasteiger partial charge in [0.2, 0.25) is 0 Å². The molecule has 0 aromatic heterocycles. The Bertz CT molecular complexity index is 558. The van der Waals surface area contributed by atoms with Gasteiger partial charge in [0, 0.05) is 14.6 Å². The van der Waals surface area contributed by atoms with Crippen molar-refractivity contribution in [3.8, 4) is 0 Å². The molecule has 2 amide bonds. The zero-order valence-electron chi connectivity index (χ0n) is 9.28. The normalized spacial score (nSPS) is 9.89. The number of carbonyl (C=O) groups is 1. The Morgan fingerprint density at radius 2 is 1.67 bits per heavy atom. The van der Waals surface area contributed by atoms with Gasteiger partial charge in [0.25, 0.3) is 0 Å². The third-order valence-corrected chi connectivity index (χ3v) is 3.39. The number of hydrogen-bond donors (Lipinski definition) is 2. The SMILES string of the molecule is O=C(Nc1ccccc1)Nc1cc(Br)ccc1Br. The predicted octanol–water partition coefficient (Wildman–Crippen LogP) is 4.86. The molecule has 0 fully saturated rings. The summed E-state index contributed by atoms with van der Waals surface area (Å²) in [6.45, 7) is 0. The predicted molar refractivity (Wildman–Crippen MR) is 80.9 cm³/mol. The van der Waals surface area contributed by atoms with Crippen LogP contribution < -0.4 is 10.6 Å². The highest BCUT2D eigenvalue weighted by molar-refractivity contribution is 9.11. The van der Waals surface area contributed by atoms with Gasteiger partial charge in [-0.15, -0.1) is 0 Å². The lowest BCUT2D eigenvalue weighted by molar-refractivity contribution is 0.262. The van der Waals surface area contributed by atoms with Crippen LogP contribution in [0.4, 0.5) is 16.2 Å². The van der Waals surface area contributed by atoms with Gasteiger partial charge in [-0.2, -0.15) is 0 Å². The summed E-state index contributed by atoms with van der Waals surface area (Å²) in [5, 5.41) is 5.52. The van der Waals surface area contributed by atoms with Gasteiger partial charge in [-0.3, -0.25) is 0 Å². The highest BCUT2D eigenvalue weighted by Crippen LogP contribution is 2.26. The van der Waals surface area contributed by atoms with Crippen molar-refractivity contribution in [3.05, 3.63) is 57.5 Å². The van der Waals surface area contributed by atoms with E-state index in [4.69, 9.17) is 0 Å². The molecule has 2 N–H and O–H groups in total. The van der Waals surface area contributed by atoms with E-state index in [1.807, 2.05) is 48.5 Å². The first kappa shape index (κ1) is 13.1. The number of hydrogen-bond acceptors (Lipinski definition) is 1. The summed E-state index contributed by atoms with van der Waals surface area (Å²) in [6, 6.07) is 14.6. The van der Waals surface area contributed by atoms with E-state index < -0.39 is 0 Å². The van der Waals surface area contributed by atoms with E-state index in [0.717, 1.165) is 14.6 Å². The molecule has 2 rings (SSSR count). The lowest BCUT2D eigenvalue weighted by atomic mass is 10.3. The second kappa shape index (κ2) is 6.02. The second-order valence-electron chi connectivity index (χ2n) is 3.57. The topological polar surface area (TPSA) is 41.1 Å². The zero-order chi connectivity index (χ0) is 13.0. The minimum absolute atomic E-state index is 0.278. The van der Waals surface area contributed by atoms with Crippen LogP contribution in [0.2, 0.25) is 0 Å². The van der Waals surface area contributed by atoms with Crippen LogP contribution in [0.25, 0.3) is 0 Å². The lowest BCUT2D eigenvalue weighted by Crippen LogP contribution is -2.19. The Kier molecular flexibility index (Phi) is 4.38. The molecule has 0 aliphatic heterocycles. The molecule has 0 unspecified atom stereocenters. The van der Waals surface area contributed by atoms with Crippen LogP contribution in [-0.4, -0.2) is 6.03 Å². The summed E-state index contributed by atoms with van der Waals surface area (Å²) in [5.41, 5.74) is 1.46. The summed E-state index contributed by atoms with van der Waals surface area (Å²) >= 11 is 6.74. The number of amides is 2. The van der Waals surface area contributed by atoms with Crippen LogP contribution >= 0.6 is 31.9 Å². The first-order chi connectivity index (χ1) is 8.65. The van der Waals surface area contributed by atoms with Crippen LogP contribution in [0.3, 0.4) is 0 Å². The Morgan fingerprint density at radius 3 is 2.39 bits per heavy atom. The zero-order valence-corrected chi connectivity index (χ0v) is 12.5. The molecular formula is C13H10Br2N2O. The van der Waals surface area contributed by atoms with Crippen molar-refractivity contribution in [1.82, 2.24) is 0 Å². The fourth-order valence-electron chi connectivity index (χ4n) is 1.40. The second-order valence-corrected chi connectivity index (χ2v) is 5.34. The Labute approximate surface area is 122 Å². The van der Waals surface area contributed by atoms with Crippen LogP contribution in [-0.2, 0) is 0 Å². The van der Waals surface area contributed by atoms with Crippen molar-refractivity contribution in [2.45, 2.75) is 0 Å². The van der Waals surface area contributed by atoms with Crippen molar-refractivity contribution in [2.24, 2.45) is 0 Å². The first-order valence-corrected chi connectivity index (χ1v) is 6.82. The van der Waals surface area contributed by atoms with E-state index in [2.05, 4.69) is 42.5 Å². The van der Waals surface area contributed by atoms with Gasteiger partial charge in [-0.25, -0.2) is 4.79 Å². The van der Waals surface area contributed by atoms with Gasteiger partial charge >= 0.3 is 6.03 Å². The van der Waals surface area contributed by atoms with E-state index in [9.17, 15) is 4.79 Å². The van der Waals surface area contributed by atoms with Crippen LogP contribution in [0, 0.1) is 0 Å². The summed E-state index contributed by atoms with van der Waals surface area (Å²) in [6.07, 6.45) is 0. The minimum atomic E-state index is -0.278. The standard InChI is InChI=1S/C13H10Br2N2O/c14-9-6-7-11(15)12(8-9)17-13(18)16-10-4-2-1-3-5-10/h1-8H,(H2,16,17,18). The van der Waals surface area contributed by atoms with Gasteiger partial charge in [0.05, 0.1) is 5.69 Å². The molecule has 2 aromatic rings. The number of para-hydroxylation sites is 1. The third-order valence-electron chi connectivity index (χ3n) is 2.21. The van der Waals surface area contributed by atoms with Crippen molar-refractivity contribution in [1.29, 1.82) is 0 Å². The maximum atomic E-state index is 11.8. The lowest BCUT2D eigenvalue weighted by Gasteiger charge is -2.09. The molecule has 18 heavy (non-hydrogen) atoms. The molecule has 0 radical (unpaired) electrons. The first-order valence-electron chi connectivity index (χ1n) is 5.23. The molecule has 92 valence electrons. The average Bonchev–Trinajstić information content (AvgIpc) is 2.35. The summed E-state index contributed by atoms with van der Waals surface area (Å²) in [5.74, 6) is 0. The molecule has 5 heteroatoms. The molecule has 0 heterocycles. The quantitative estimate of drug-likeness (QED) is 0.780. The minimum Gasteiger partial charge on any atom is -0.308 e. The average molecular weight is 370 g/mol. The molecule has 0 aliphatic carbocycles. The van der Waals surface area contributed by atoms with Crippen molar-refractivity contribution in [2.75, 3.05) is 10.6 Å². The van der Waals surface area contributed by atoms with Gasteiger partial charge in [-0.05, 0) is 46.3 Å². The van der Waals surface area contributed by atoms with Crippen molar-refractivity contribution < 1.29 is 4.79 Å². The molecule has 0 spiro atoms. The van der Waals surface area contributed by atoms with Crippen molar-refractivity contribution in [3.63, 3.8) is 0 Å². The number of urea groups is 1. The van der Waals surface area contributed by atoms with E-state index >= 15 is 0 Å². The number of nitrogens with one attached hydrogen (secondary N) is 2. The highest BCUT2D eigenvalue weighted by Gasteiger charge is 2.05. The van der Waals surface area contributed by atoms with Gasteiger partial charge in [-0.1, -0.05) is 34.1 Å². The fraction of sp³-hybridized carbons (Fsp3) is 0. The van der Waals surface area contributed by atoms with Crippen LogP contribution in [0.5, 0.6) is 0 Å². The third kappa shape index (κ3) is 3.58. The molecule has 0 bridgehead atoms. The number of halogens is 2. The summed E-state index contributed by atoms with van der Waals surface area (Å²) in [7, 11) is 0. The number of carbonyl (C=O) groups excluding carboxylic acids is 1. The highest BCUT2D eigenvalue weighted by atomic mass is 79.9. The van der Waals surface area contributed by atoms with Gasteiger partial charge < -0.3 is 10.6 Å². The van der Waals surface area contributed by atoms with E-state index in [1.165, 1.54) is 0 Å². The smallest absolute Gasteiger partial charge is 0.308 e. The van der Waals surface area contributed by atoms with E-state index in [1.54, 1.807) is 0 Å². The van der Waals surface area contributed by atoms with Crippen molar-refractivity contribution >= 4 is 49.3 Å².